The van der Waals surface area contributed by atoms with Gasteiger partial charge in [-0.15, -0.1) is 0 Å². The number of fused-ring (bicyclic) bond motifs is 2. The number of hydrogen-bond donors (Lipinski definition) is 0. The van der Waals surface area contributed by atoms with Gasteiger partial charge in [-0.3, -0.25) is 9.98 Å². The number of benzene rings is 2. The quantitative estimate of drug-likeness (QED) is 0.402. The number of ether oxygens (including phenoxy) is 2. The Balaban J connectivity index is 1.39. The molecule has 33 heavy (non-hydrogen) atoms. The number of hydrogen-bond acceptors (Lipinski definition) is 6. The van der Waals surface area contributed by atoms with Gasteiger partial charge in [-0.05, 0) is 35.4 Å². The SMILES string of the molecule is N#Cc1cc(-c2ccnc3cc(-c4cccc5c4N=CC5)oc23)ccc1OC1CCOCC1. The standard InChI is InChI=1S/C27H21N3O3/c28-16-19-14-18(4-5-24(19)32-20-8-12-31-13-9-20)21-7-11-29-23-15-25(33-27(21)23)22-3-1-2-17-6-10-30-26(17)22/h1-5,7,10-11,14-15,20H,6,8-9,12-13H2. The van der Waals surface area contributed by atoms with E-state index in [1.54, 1.807) is 6.20 Å². The Bertz CT molecular complexity index is 1420. The summed E-state index contributed by atoms with van der Waals surface area (Å²) in [5, 5.41) is 9.77. The summed E-state index contributed by atoms with van der Waals surface area (Å²) < 4.78 is 17.8. The average Bonchev–Trinajstić information content (AvgIpc) is 3.52. The molecular weight excluding hydrogens is 414 g/mol. The molecule has 2 aliphatic heterocycles. The van der Waals surface area contributed by atoms with E-state index in [0.29, 0.717) is 30.1 Å². The molecule has 0 radical (unpaired) electrons. The minimum atomic E-state index is 0.0761. The van der Waals surface area contributed by atoms with Crippen molar-refractivity contribution in [3.8, 4) is 34.3 Å². The van der Waals surface area contributed by atoms with Crippen molar-refractivity contribution in [3.05, 3.63) is 65.9 Å². The van der Waals surface area contributed by atoms with Gasteiger partial charge in [-0.2, -0.15) is 5.26 Å². The molecule has 6 rings (SSSR count). The molecule has 0 saturated carbocycles. The normalized spacial score (nSPS) is 15.5. The van der Waals surface area contributed by atoms with E-state index in [-0.39, 0.29) is 6.10 Å². The van der Waals surface area contributed by atoms with Gasteiger partial charge in [-0.25, -0.2) is 0 Å². The van der Waals surface area contributed by atoms with Crippen LogP contribution in [0, 0.1) is 11.3 Å². The Morgan fingerprint density at radius 2 is 1.94 bits per heavy atom. The Morgan fingerprint density at radius 3 is 2.82 bits per heavy atom. The van der Waals surface area contributed by atoms with Crippen molar-refractivity contribution < 1.29 is 13.9 Å². The van der Waals surface area contributed by atoms with Crippen molar-refractivity contribution in [2.24, 2.45) is 4.99 Å². The van der Waals surface area contributed by atoms with Crippen LogP contribution in [0.25, 0.3) is 33.6 Å². The van der Waals surface area contributed by atoms with Gasteiger partial charge in [0.2, 0.25) is 0 Å². The third-order valence-electron chi connectivity index (χ3n) is 6.20. The molecule has 1 fully saturated rings. The molecule has 4 heterocycles. The molecule has 162 valence electrons. The van der Waals surface area contributed by atoms with Gasteiger partial charge in [0.25, 0.3) is 0 Å². The van der Waals surface area contributed by atoms with Crippen LogP contribution in [0.2, 0.25) is 0 Å². The molecular formula is C27H21N3O3. The third-order valence-corrected chi connectivity index (χ3v) is 6.20. The largest absolute Gasteiger partial charge is 0.489 e. The lowest BCUT2D eigenvalue weighted by molar-refractivity contribution is 0.0254. The minimum absolute atomic E-state index is 0.0761. The minimum Gasteiger partial charge on any atom is -0.489 e. The molecule has 0 N–H and O–H groups in total. The molecule has 2 aromatic heterocycles. The van der Waals surface area contributed by atoms with Gasteiger partial charge in [0.05, 0.1) is 24.5 Å². The van der Waals surface area contributed by atoms with Crippen LogP contribution in [0.1, 0.15) is 24.0 Å². The van der Waals surface area contributed by atoms with Crippen molar-refractivity contribution in [2.45, 2.75) is 25.4 Å². The van der Waals surface area contributed by atoms with E-state index in [4.69, 9.17) is 13.9 Å². The molecule has 2 aromatic carbocycles. The summed E-state index contributed by atoms with van der Waals surface area (Å²) in [5.74, 6) is 1.34. The summed E-state index contributed by atoms with van der Waals surface area (Å²) in [6, 6.07) is 18.0. The lowest BCUT2D eigenvalue weighted by Gasteiger charge is -2.23. The van der Waals surface area contributed by atoms with Crippen LogP contribution in [0.3, 0.4) is 0 Å². The lowest BCUT2D eigenvalue weighted by atomic mass is 10.0. The molecule has 6 nitrogen and oxygen atoms in total. The van der Waals surface area contributed by atoms with Crippen molar-refractivity contribution in [1.82, 2.24) is 4.98 Å². The molecule has 1 saturated heterocycles. The zero-order valence-corrected chi connectivity index (χ0v) is 18.0. The Labute approximate surface area is 191 Å². The zero-order chi connectivity index (χ0) is 22.2. The zero-order valence-electron chi connectivity index (χ0n) is 18.0. The fourth-order valence-electron chi connectivity index (χ4n) is 4.50. The lowest BCUT2D eigenvalue weighted by Crippen LogP contribution is -2.26. The third kappa shape index (κ3) is 3.57. The first-order valence-corrected chi connectivity index (χ1v) is 11.1. The van der Waals surface area contributed by atoms with E-state index >= 15 is 0 Å². The summed E-state index contributed by atoms with van der Waals surface area (Å²) in [6.45, 7) is 1.38. The summed E-state index contributed by atoms with van der Waals surface area (Å²) in [5.41, 5.74) is 6.84. The highest BCUT2D eigenvalue weighted by molar-refractivity contribution is 5.94. The number of para-hydroxylation sites is 1. The monoisotopic (exact) mass is 435 g/mol. The smallest absolute Gasteiger partial charge is 0.161 e. The van der Waals surface area contributed by atoms with Crippen LogP contribution in [0.5, 0.6) is 5.75 Å². The molecule has 0 amide bonds. The van der Waals surface area contributed by atoms with E-state index in [0.717, 1.165) is 52.9 Å². The van der Waals surface area contributed by atoms with E-state index in [9.17, 15) is 5.26 Å². The number of pyridine rings is 1. The fraction of sp³-hybridized carbons (Fsp3) is 0.222. The molecule has 0 atom stereocenters. The summed E-state index contributed by atoms with van der Waals surface area (Å²) in [7, 11) is 0. The molecule has 4 aromatic rings. The maximum absolute atomic E-state index is 9.77. The highest BCUT2D eigenvalue weighted by atomic mass is 16.5. The number of nitrogens with zero attached hydrogens (tertiary/aromatic N) is 3. The van der Waals surface area contributed by atoms with E-state index in [1.807, 2.05) is 48.7 Å². The molecule has 0 aliphatic carbocycles. The predicted octanol–water partition coefficient (Wildman–Crippen LogP) is 5.85. The molecule has 0 unspecified atom stereocenters. The van der Waals surface area contributed by atoms with Gasteiger partial charge >= 0.3 is 0 Å². The van der Waals surface area contributed by atoms with Crippen molar-refractivity contribution in [2.75, 3.05) is 13.2 Å². The van der Waals surface area contributed by atoms with Crippen molar-refractivity contribution in [1.29, 1.82) is 5.26 Å². The van der Waals surface area contributed by atoms with Gasteiger partial charge in [0, 0.05) is 48.9 Å². The molecule has 0 spiro atoms. The number of nitriles is 1. The molecule has 0 bridgehead atoms. The first-order valence-electron chi connectivity index (χ1n) is 11.1. The van der Waals surface area contributed by atoms with E-state index in [1.165, 1.54) is 5.56 Å². The van der Waals surface area contributed by atoms with Crippen LogP contribution in [0.15, 0.2) is 64.1 Å². The maximum atomic E-state index is 9.77. The van der Waals surface area contributed by atoms with Crippen molar-refractivity contribution in [3.63, 3.8) is 0 Å². The van der Waals surface area contributed by atoms with Gasteiger partial charge in [-0.1, -0.05) is 18.2 Å². The molecule has 2 aliphatic rings. The second-order valence-electron chi connectivity index (χ2n) is 8.26. The van der Waals surface area contributed by atoms with Crippen LogP contribution in [-0.2, 0) is 11.2 Å². The fourth-order valence-corrected chi connectivity index (χ4v) is 4.50. The predicted molar refractivity (Wildman–Crippen MR) is 126 cm³/mol. The Hall–Kier alpha value is -3.95. The van der Waals surface area contributed by atoms with E-state index < -0.39 is 0 Å². The second kappa shape index (κ2) is 8.19. The topological polar surface area (TPSA) is 80.6 Å². The highest BCUT2D eigenvalue weighted by Crippen LogP contribution is 2.40. The van der Waals surface area contributed by atoms with Gasteiger partial charge in [0.15, 0.2) is 5.58 Å². The van der Waals surface area contributed by atoms with Crippen LogP contribution in [-0.4, -0.2) is 30.5 Å². The highest BCUT2D eigenvalue weighted by Gasteiger charge is 2.20. The van der Waals surface area contributed by atoms with E-state index in [2.05, 4.69) is 22.1 Å². The first kappa shape index (κ1) is 19.7. The molecule has 6 heteroatoms. The van der Waals surface area contributed by atoms with Crippen molar-refractivity contribution >= 4 is 23.0 Å². The van der Waals surface area contributed by atoms with Crippen LogP contribution < -0.4 is 4.74 Å². The Morgan fingerprint density at radius 1 is 1.03 bits per heavy atom. The summed E-state index contributed by atoms with van der Waals surface area (Å²) in [4.78, 5) is 9.05. The maximum Gasteiger partial charge on any atom is 0.161 e. The Kier molecular flexibility index (Phi) is 4.89. The number of aliphatic imine (C=N–C) groups is 1. The first-order chi connectivity index (χ1) is 16.3. The number of rotatable bonds is 4. The summed E-state index contributed by atoms with van der Waals surface area (Å²) >= 11 is 0. The number of furan rings is 1. The van der Waals surface area contributed by atoms with Gasteiger partial charge < -0.3 is 13.9 Å². The van der Waals surface area contributed by atoms with Crippen LogP contribution in [0.4, 0.5) is 5.69 Å². The summed E-state index contributed by atoms with van der Waals surface area (Å²) in [6.07, 6.45) is 6.27. The van der Waals surface area contributed by atoms with Crippen LogP contribution >= 0.6 is 0 Å². The second-order valence-corrected chi connectivity index (χ2v) is 8.26. The number of aromatic nitrogens is 1. The average molecular weight is 435 g/mol. The van der Waals surface area contributed by atoms with Gasteiger partial charge in [0.1, 0.15) is 29.2 Å².